The van der Waals surface area contributed by atoms with Crippen LogP contribution in [0.1, 0.15) is 33.6 Å². The Morgan fingerprint density at radius 2 is 1.85 bits per heavy atom. The summed E-state index contributed by atoms with van der Waals surface area (Å²) < 4.78 is 27.0. The molecule has 9 nitrogen and oxygen atoms in total. The molecule has 0 bridgehead atoms. The molecule has 0 saturated carbocycles. The highest BCUT2D eigenvalue weighted by Crippen LogP contribution is 2.19. The Labute approximate surface area is 152 Å². The first-order chi connectivity index (χ1) is 12.0. The Bertz CT molecular complexity index is 763. The lowest BCUT2D eigenvalue weighted by Crippen LogP contribution is -2.42. The summed E-state index contributed by atoms with van der Waals surface area (Å²) in [6.45, 7) is 5.91. The summed E-state index contributed by atoms with van der Waals surface area (Å²) in [5.41, 5.74) is -0.617. The molecule has 2 heterocycles. The highest BCUT2D eigenvalue weighted by Gasteiger charge is 2.27. The van der Waals surface area contributed by atoms with Crippen molar-refractivity contribution in [2.24, 2.45) is 5.92 Å². The lowest BCUT2D eigenvalue weighted by molar-refractivity contribution is -0.143. The zero-order valence-corrected chi connectivity index (χ0v) is 15.8. The molecule has 0 spiro atoms. The summed E-state index contributed by atoms with van der Waals surface area (Å²) in [5, 5.41) is 11.6. The van der Waals surface area contributed by atoms with E-state index in [4.69, 9.17) is 5.11 Å². The topological polar surface area (TPSA) is 129 Å². The van der Waals surface area contributed by atoms with Crippen LogP contribution in [0.3, 0.4) is 0 Å². The normalized spacial score (nSPS) is 16.3. The second kappa shape index (κ2) is 7.58. The van der Waals surface area contributed by atoms with Gasteiger partial charge in [0.25, 0.3) is 0 Å². The van der Waals surface area contributed by atoms with Crippen LogP contribution in [0.15, 0.2) is 23.2 Å². The molecule has 144 valence electrons. The fourth-order valence-corrected chi connectivity index (χ4v) is 3.96. The van der Waals surface area contributed by atoms with Gasteiger partial charge in [0.1, 0.15) is 10.7 Å². The molecule has 10 heteroatoms. The number of carbonyl (C=O) groups excluding carboxylic acids is 1. The van der Waals surface area contributed by atoms with E-state index >= 15 is 0 Å². The largest absolute Gasteiger partial charge is 0.481 e. The van der Waals surface area contributed by atoms with Crippen molar-refractivity contribution in [1.82, 2.24) is 14.6 Å². The minimum Gasteiger partial charge on any atom is -0.481 e. The molecule has 0 radical (unpaired) electrons. The number of nitrogens with zero attached hydrogens (tertiary/aromatic N) is 2. The van der Waals surface area contributed by atoms with E-state index < -0.39 is 27.4 Å². The van der Waals surface area contributed by atoms with Crippen LogP contribution in [0.4, 0.5) is 10.6 Å². The van der Waals surface area contributed by atoms with Gasteiger partial charge in [0.15, 0.2) is 0 Å². The maximum absolute atomic E-state index is 12.2. The second-order valence-corrected chi connectivity index (χ2v) is 8.95. The van der Waals surface area contributed by atoms with Crippen molar-refractivity contribution in [3.05, 3.63) is 18.3 Å². The van der Waals surface area contributed by atoms with Gasteiger partial charge >= 0.3 is 12.0 Å². The van der Waals surface area contributed by atoms with E-state index in [1.165, 1.54) is 23.2 Å². The van der Waals surface area contributed by atoms with Crippen LogP contribution in [-0.2, 0) is 14.8 Å². The number of sulfonamides is 1. The van der Waals surface area contributed by atoms with Gasteiger partial charge in [-0.05, 0) is 45.7 Å². The van der Waals surface area contributed by atoms with E-state index in [-0.39, 0.29) is 16.7 Å². The molecule has 1 aliphatic rings. The summed E-state index contributed by atoms with van der Waals surface area (Å²) in [4.78, 5) is 28.7. The number of anilines is 1. The molecule has 1 aromatic rings. The zero-order chi connectivity index (χ0) is 19.5. The Morgan fingerprint density at radius 1 is 1.23 bits per heavy atom. The van der Waals surface area contributed by atoms with Crippen molar-refractivity contribution in [3.8, 4) is 0 Å². The number of piperidine rings is 1. The van der Waals surface area contributed by atoms with E-state index in [1.54, 1.807) is 20.8 Å². The SMILES string of the molecule is CC(C)(C)NS(=O)(=O)c1ccc(NC(=O)N2CCC(C(=O)O)CC2)nc1. The van der Waals surface area contributed by atoms with Gasteiger partial charge < -0.3 is 10.0 Å². The van der Waals surface area contributed by atoms with Gasteiger partial charge in [-0.25, -0.2) is 22.9 Å². The number of aromatic nitrogens is 1. The summed E-state index contributed by atoms with van der Waals surface area (Å²) in [6.07, 6.45) is 2.00. The van der Waals surface area contributed by atoms with Gasteiger partial charge in [-0.2, -0.15) is 0 Å². The molecular weight excluding hydrogens is 360 g/mol. The maximum atomic E-state index is 12.2. The van der Waals surface area contributed by atoms with E-state index in [0.717, 1.165) is 0 Å². The predicted molar refractivity (Wildman–Crippen MR) is 95.3 cm³/mol. The van der Waals surface area contributed by atoms with Crippen molar-refractivity contribution in [1.29, 1.82) is 0 Å². The van der Waals surface area contributed by atoms with Crippen LogP contribution >= 0.6 is 0 Å². The third-order valence-corrected chi connectivity index (χ3v) is 5.60. The highest BCUT2D eigenvalue weighted by atomic mass is 32.2. The average molecular weight is 384 g/mol. The maximum Gasteiger partial charge on any atom is 0.323 e. The number of carboxylic acids is 1. The monoisotopic (exact) mass is 384 g/mol. The van der Waals surface area contributed by atoms with Crippen molar-refractivity contribution >= 4 is 27.8 Å². The Kier molecular flexibility index (Phi) is 5.87. The molecule has 0 aromatic carbocycles. The van der Waals surface area contributed by atoms with Crippen LogP contribution in [0, 0.1) is 5.92 Å². The molecule has 0 atom stereocenters. The highest BCUT2D eigenvalue weighted by molar-refractivity contribution is 7.89. The Hall–Kier alpha value is -2.20. The summed E-state index contributed by atoms with van der Waals surface area (Å²) in [6, 6.07) is 2.40. The van der Waals surface area contributed by atoms with Crippen LogP contribution in [-0.4, -0.2) is 54.0 Å². The first-order valence-electron chi connectivity index (χ1n) is 8.27. The first kappa shape index (κ1) is 20.1. The van der Waals surface area contributed by atoms with Gasteiger partial charge in [-0.1, -0.05) is 0 Å². The molecule has 2 amide bonds. The molecule has 2 rings (SSSR count). The third kappa shape index (κ3) is 5.40. The fourth-order valence-electron chi connectivity index (χ4n) is 2.59. The van der Waals surface area contributed by atoms with Gasteiger partial charge in [0.05, 0.1) is 5.92 Å². The van der Waals surface area contributed by atoms with Crippen LogP contribution < -0.4 is 10.0 Å². The number of pyridine rings is 1. The van der Waals surface area contributed by atoms with E-state index in [1.807, 2.05) is 0 Å². The van der Waals surface area contributed by atoms with Crippen LogP contribution in [0.2, 0.25) is 0 Å². The summed E-state index contributed by atoms with van der Waals surface area (Å²) in [5.74, 6) is -1.03. The molecule has 1 fully saturated rings. The Balaban J connectivity index is 1.97. The number of carbonyl (C=O) groups is 2. The number of urea groups is 1. The number of hydrogen-bond acceptors (Lipinski definition) is 5. The molecule has 1 aromatic heterocycles. The number of likely N-dealkylation sites (tertiary alicyclic amines) is 1. The van der Waals surface area contributed by atoms with Crippen molar-refractivity contribution in [3.63, 3.8) is 0 Å². The van der Waals surface area contributed by atoms with Crippen molar-refractivity contribution < 1.29 is 23.1 Å². The molecular formula is C16H24N4O5S. The average Bonchev–Trinajstić information content (AvgIpc) is 2.53. The van der Waals surface area contributed by atoms with E-state index in [0.29, 0.717) is 25.9 Å². The van der Waals surface area contributed by atoms with Crippen molar-refractivity contribution in [2.45, 2.75) is 44.0 Å². The molecule has 0 aliphatic carbocycles. The minimum absolute atomic E-state index is 0.00713. The van der Waals surface area contributed by atoms with Gasteiger partial charge in [-0.3, -0.25) is 10.1 Å². The molecule has 26 heavy (non-hydrogen) atoms. The summed E-state index contributed by atoms with van der Waals surface area (Å²) in [7, 11) is -3.69. The number of rotatable bonds is 4. The minimum atomic E-state index is -3.69. The molecule has 1 aliphatic heterocycles. The second-order valence-electron chi connectivity index (χ2n) is 7.26. The smallest absolute Gasteiger partial charge is 0.323 e. The molecule has 0 unspecified atom stereocenters. The number of hydrogen-bond donors (Lipinski definition) is 3. The van der Waals surface area contributed by atoms with E-state index in [2.05, 4.69) is 15.0 Å². The number of carboxylic acid groups (broad SMARTS) is 1. The van der Waals surface area contributed by atoms with Crippen LogP contribution in [0.5, 0.6) is 0 Å². The fraction of sp³-hybridized carbons (Fsp3) is 0.562. The van der Waals surface area contributed by atoms with Gasteiger partial charge in [0.2, 0.25) is 10.0 Å². The quantitative estimate of drug-likeness (QED) is 0.721. The summed E-state index contributed by atoms with van der Waals surface area (Å²) >= 11 is 0. The number of nitrogens with one attached hydrogen (secondary N) is 2. The number of amides is 2. The van der Waals surface area contributed by atoms with E-state index in [9.17, 15) is 18.0 Å². The van der Waals surface area contributed by atoms with Gasteiger partial charge in [0, 0.05) is 24.8 Å². The first-order valence-corrected chi connectivity index (χ1v) is 9.75. The molecule has 3 N–H and O–H groups in total. The molecule has 1 saturated heterocycles. The predicted octanol–water partition coefficient (Wildman–Crippen LogP) is 1.49. The lowest BCUT2D eigenvalue weighted by Gasteiger charge is -2.30. The van der Waals surface area contributed by atoms with Gasteiger partial charge in [-0.15, -0.1) is 0 Å². The lowest BCUT2D eigenvalue weighted by atomic mass is 9.97. The number of aliphatic carboxylic acids is 1. The third-order valence-electron chi connectivity index (χ3n) is 3.85. The van der Waals surface area contributed by atoms with Crippen LogP contribution in [0.25, 0.3) is 0 Å². The van der Waals surface area contributed by atoms with Crippen molar-refractivity contribution in [2.75, 3.05) is 18.4 Å². The Morgan fingerprint density at radius 3 is 2.31 bits per heavy atom. The standard InChI is InChI=1S/C16H24N4O5S/c1-16(2,3)19-26(24,25)12-4-5-13(17-10-12)18-15(23)20-8-6-11(7-9-20)14(21)22/h4-5,10-11,19H,6-9H2,1-3H3,(H,21,22)(H,17,18,23). The zero-order valence-electron chi connectivity index (χ0n) is 15.0.